The van der Waals surface area contributed by atoms with Gasteiger partial charge in [0.15, 0.2) is 0 Å². The Balaban J connectivity index is 2.41. The molecule has 1 atom stereocenters. The second-order valence-corrected chi connectivity index (χ2v) is 4.41. The fourth-order valence-electron chi connectivity index (χ4n) is 1.37. The fourth-order valence-corrected chi connectivity index (χ4v) is 2.43. The van der Waals surface area contributed by atoms with Crippen molar-refractivity contribution in [3.8, 4) is 0 Å². The average Bonchev–Trinajstić information content (AvgIpc) is 2.59. The molecule has 13 heavy (non-hydrogen) atoms. The van der Waals surface area contributed by atoms with Gasteiger partial charge in [-0.2, -0.15) is 0 Å². The lowest BCUT2D eigenvalue weighted by Gasteiger charge is -2.04. The van der Waals surface area contributed by atoms with Gasteiger partial charge >= 0.3 is 0 Å². The Morgan fingerprint density at radius 3 is 2.54 bits per heavy atom. The van der Waals surface area contributed by atoms with Crippen molar-refractivity contribution in [3.63, 3.8) is 0 Å². The number of hydrogen-bond acceptors (Lipinski definition) is 0. The van der Waals surface area contributed by atoms with Crippen LogP contribution in [0.15, 0.2) is 22.7 Å². The second-order valence-electron chi connectivity index (χ2n) is 3.15. The molecule has 0 N–H and O–H groups in total. The molecule has 0 radical (unpaired) electrons. The molecule has 1 aromatic rings. The molecule has 1 aromatic carbocycles. The third kappa shape index (κ3) is 1.59. The molecular formula is C9H6BrClF2. The van der Waals surface area contributed by atoms with Crippen molar-refractivity contribution in [2.75, 3.05) is 0 Å². The minimum absolute atomic E-state index is 0.0880. The molecule has 0 saturated heterocycles. The summed E-state index contributed by atoms with van der Waals surface area (Å²) in [4.78, 5) is 0. The minimum atomic E-state index is -2.56. The van der Waals surface area contributed by atoms with Gasteiger partial charge in [-0.05, 0) is 17.7 Å². The van der Waals surface area contributed by atoms with Crippen LogP contribution >= 0.6 is 27.5 Å². The fraction of sp³-hybridized carbons (Fsp3) is 0.333. The number of hydrogen-bond donors (Lipinski definition) is 0. The Morgan fingerprint density at radius 1 is 1.46 bits per heavy atom. The third-order valence-corrected chi connectivity index (χ3v) is 3.20. The van der Waals surface area contributed by atoms with E-state index in [0.717, 1.165) is 0 Å². The van der Waals surface area contributed by atoms with Crippen molar-refractivity contribution in [2.24, 2.45) is 0 Å². The Morgan fingerprint density at radius 2 is 2.08 bits per heavy atom. The first kappa shape index (κ1) is 9.41. The topological polar surface area (TPSA) is 0 Å². The molecule has 0 aliphatic heterocycles. The van der Waals surface area contributed by atoms with Crippen molar-refractivity contribution in [3.05, 3.63) is 33.3 Å². The van der Waals surface area contributed by atoms with Crippen LogP contribution in [0.4, 0.5) is 8.78 Å². The van der Waals surface area contributed by atoms with E-state index in [9.17, 15) is 8.78 Å². The molecule has 1 aliphatic rings. The number of rotatable bonds is 1. The highest BCUT2D eigenvalue weighted by molar-refractivity contribution is 9.10. The van der Waals surface area contributed by atoms with Gasteiger partial charge in [0.05, 0.1) is 5.92 Å². The maximum Gasteiger partial charge on any atom is 0.256 e. The first-order chi connectivity index (χ1) is 6.02. The Bertz CT molecular complexity index is 331. The van der Waals surface area contributed by atoms with E-state index < -0.39 is 11.8 Å². The summed E-state index contributed by atoms with van der Waals surface area (Å²) >= 11 is 9.05. The summed E-state index contributed by atoms with van der Waals surface area (Å²) in [5.41, 5.74) is 0.536. The smallest absolute Gasteiger partial charge is 0.206 e. The van der Waals surface area contributed by atoms with Crippen molar-refractivity contribution in [1.82, 2.24) is 0 Å². The zero-order valence-electron chi connectivity index (χ0n) is 6.53. The number of benzene rings is 1. The van der Waals surface area contributed by atoms with Crippen LogP contribution in [0.25, 0.3) is 0 Å². The quantitative estimate of drug-likeness (QED) is 0.714. The van der Waals surface area contributed by atoms with Crippen LogP contribution in [0.5, 0.6) is 0 Å². The van der Waals surface area contributed by atoms with Crippen molar-refractivity contribution in [2.45, 2.75) is 18.3 Å². The zero-order chi connectivity index (χ0) is 9.64. The standard InChI is InChI=1S/C9H6BrClF2/c10-6-2-1-3-7(11)8(6)5-4-9(5,12)13/h1-3,5H,4H2. The van der Waals surface area contributed by atoms with E-state index in [-0.39, 0.29) is 6.42 Å². The van der Waals surface area contributed by atoms with Gasteiger partial charge in [-0.1, -0.05) is 33.6 Å². The second kappa shape index (κ2) is 2.92. The van der Waals surface area contributed by atoms with Crippen molar-refractivity contribution < 1.29 is 8.78 Å². The first-order valence-corrected chi connectivity index (χ1v) is 5.01. The molecule has 0 bridgehead atoms. The Hall–Kier alpha value is -0.150. The molecule has 0 aromatic heterocycles. The van der Waals surface area contributed by atoms with Crippen LogP contribution in [-0.2, 0) is 0 Å². The molecule has 70 valence electrons. The lowest BCUT2D eigenvalue weighted by molar-refractivity contribution is 0.112. The van der Waals surface area contributed by atoms with Gasteiger partial charge in [0.1, 0.15) is 0 Å². The molecule has 0 nitrogen and oxygen atoms in total. The SMILES string of the molecule is FC1(F)CC1c1c(Cl)cccc1Br. The van der Waals surface area contributed by atoms with Crippen LogP contribution in [-0.4, -0.2) is 5.92 Å². The van der Waals surface area contributed by atoms with Gasteiger partial charge < -0.3 is 0 Å². The van der Waals surface area contributed by atoms with E-state index in [1.165, 1.54) is 0 Å². The van der Waals surface area contributed by atoms with Gasteiger partial charge in [-0.15, -0.1) is 0 Å². The summed E-state index contributed by atoms with van der Waals surface area (Å²) in [5, 5.41) is 0.413. The van der Waals surface area contributed by atoms with Gasteiger partial charge in [-0.25, -0.2) is 8.78 Å². The van der Waals surface area contributed by atoms with Crippen molar-refractivity contribution >= 4 is 27.5 Å². The third-order valence-electron chi connectivity index (χ3n) is 2.17. The average molecular weight is 268 g/mol. The van der Waals surface area contributed by atoms with E-state index in [2.05, 4.69) is 15.9 Å². The molecule has 0 heterocycles. The molecule has 0 spiro atoms. The van der Waals surface area contributed by atoms with Gasteiger partial charge in [0.25, 0.3) is 5.92 Å². The van der Waals surface area contributed by atoms with Crippen LogP contribution in [0, 0.1) is 0 Å². The largest absolute Gasteiger partial charge is 0.256 e. The summed E-state index contributed by atoms with van der Waals surface area (Å²) < 4.78 is 26.2. The van der Waals surface area contributed by atoms with E-state index in [4.69, 9.17) is 11.6 Å². The normalized spacial score (nSPS) is 24.5. The lowest BCUT2D eigenvalue weighted by Crippen LogP contribution is -1.94. The summed E-state index contributed by atoms with van der Waals surface area (Å²) in [6.45, 7) is 0. The van der Waals surface area contributed by atoms with Gasteiger partial charge in [0.2, 0.25) is 0 Å². The summed E-state index contributed by atoms with van der Waals surface area (Å²) in [5.74, 6) is -3.26. The lowest BCUT2D eigenvalue weighted by atomic mass is 10.1. The highest BCUT2D eigenvalue weighted by atomic mass is 79.9. The summed E-state index contributed by atoms with van der Waals surface area (Å²) in [6, 6.07) is 5.10. The van der Waals surface area contributed by atoms with E-state index in [1.807, 2.05) is 0 Å². The Labute approximate surface area is 88.0 Å². The van der Waals surface area contributed by atoms with E-state index >= 15 is 0 Å². The number of alkyl halides is 2. The molecule has 1 unspecified atom stereocenters. The predicted molar refractivity (Wildman–Crippen MR) is 51.5 cm³/mol. The Kier molecular flexibility index (Phi) is 2.11. The molecular weight excluding hydrogens is 261 g/mol. The van der Waals surface area contributed by atoms with E-state index in [0.29, 0.717) is 15.1 Å². The molecule has 1 aliphatic carbocycles. The summed E-state index contributed by atoms with van der Waals surface area (Å²) in [6.07, 6.45) is -0.0880. The number of halogens is 4. The highest BCUT2D eigenvalue weighted by Crippen LogP contribution is 2.58. The van der Waals surface area contributed by atoms with Crippen LogP contribution in [0.3, 0.4) is 0 Å². The molecule has 4 heteroatoms. The van der Waals surface area contributed by atoms with Crippen LogP contribution < -0.4 is 0 Å². The highest BCUT2D eigenvalue weighted by Gasteiger charge is 2.58. The van der Waals surface area contributed by atoms with Crippen LogP contribution in [0.1, 0.15) is 17.9 Å². The van der Waals surface area contributed by atoms with Crippen molar-refractivity contribution in [1.29, 1.82) is 0 Å². The predicted octanol–water partition coefficient (Wildman–Crippen LogP) is 4.23. The monoisotopic (exact) mass is 266 g/mol. The molecule has 1 saturated carbocycles. The molecule has 2 rings (SSSR count). The minimum Gasteiger partial charge on any atom is -0.206 e. The van der Waals surface area contributed by atoms with E-state index in [1.54, 1.807) is 18.2 Å². The van der Waals surface area contributed by atoms with Gasteiger partial charge in [0, 0.05) is 15.9 Å². The first-order valence-electron chi connectivity index (χ1n) is 3.84. The van der Waals surface area contributed by atoms with Gasteiger partial charge in [-0.3, -0.25) is 0 Å². The maximum absolute atomic E-state index is 12.8. The molecule has 0 amide bonds. The molecule has 1 fully saturated rings. The van der Waals surface area contributed by atoms with Crippen LogP contribution in [0.2, 0.25) is 5.02 Å². The zero-order valence-corrected chi connectivity index (χ0v) is 8.87. The maximum atomic E-state index is 12.8. The summed E-state index contributed by atoms with van der Waals surface area (Å²) in [7, 11) is 0.